The van der Waals surface area contributed by atoms with E-state index < -0.39 is 0 Å². The Kier molecular flexibility index (Phi) is 3.83. The van der Waals surface area contributed by atoms with Gasteiger partial charge in [-0.2, -0.15) is 0 Å². The lowest BCUT2D eigenvalue weighted by Crippen LogP contribution is -2.24. The Balaban J connectivity index is 2.69. The Bertz CT molecular complexity index is 308. The zero-order valence-electron chi connectivity index (χ0n) is 8.66. The van der Waals surface area contributed by atoms with E-state index in [4.69, 9.17) is 0 Å². The molecule has 4 heteroatoms. The number of nitrogens with one attached hydrogen (secondary N) is 2. The fourth-order valence-corrected chi connectivity index (χ4v) is 1.78. The lowest BCUT2D eigenvalue weighted by atomic mass is 10.3. The average molecular weight is 212 g/mol. The van der Waals surface area contributed by atoms with Crippen molar-refractivity contribution >= 4 is 22.6 Å². The topological polar surface area (TPSA) is 41.1 Å². The van der Waals surface area contributed by atoms with Crippen LogP contribution in [-0.2, 0) is 0 Å². The number of urea groups is 1. The van der Waals surface area contributed by atoms with E-state index in [2.05, 4.69) is 35.3 Å². The summed E-state index contributed by atoms with van der Waals surface area (Å²) in [6.07, 6.45) is 4.41. The van der Waals surface area contributed by atoms with Crippen LogP contribution in [0.15, 0.2) is 29.2 Å². The molecule has 0 saturated carbocycles. The minimum atomic E-state index is -0.187. The molecule has 0 atom stereocenters. The van der Waals surface area contributed by atoms with Crippen LogP contribution in [0, 0.1) is 0 Å². The SMILES string of the molecule is CNC(=O)Nc1ccc([SH](C)C)cc1. The number of hydrogen-bond donors (Lipinski definition) is 3. The number of rotatable bonds is 2. The van der Waals surface area contributed by atoms with Crippen LogP contribution >= 0.6 is 10.9 Å². The van der Waals surface area contributed by atoms with Gasteiger partial charge in [0, 0.05) is 12.7 Å². The molecule has 0 aromatic heterocycles. The molecular formula is C10H16N2OS. The predicted molar refractivity (Wildman–Crippen MR) is 63.6 cm³/mol. The summed E-state index contributed by atoms with van der Waals surface area (Å²) in [5.41, 5.74) is 0.824. The number of thiol groups is 1. The highest BCUT2D eigenvalue weighted by Crippen LogP contribution is 2.28. The summed E-state index contributed by atoms with van der Waals surface area (Å²) in [7, 11) is 1.54. The van der Waals surface area contributed by atoms with E-state index in [1.165, 1.54) is 4.90 Å². The first kappa shape index (κ1) is 10.9. The number of amides is 2. The maximum Gasteiger partial charge on any atom is 0.318 e. The van der Waals surface area contributed by atoms with Crippen molar-refractivity contribution in [2.24, 2.45) is 0 Å². The van der Waals surface area contributed by atoms with E-state index in [1.54, 1.807) is 7.05 Å². The lowest BCUT2D eigenvalue weighted by molar-refractivity contribution is 0.254. The third kappa shape index (κ3) is 2.96. The second-order valence-corrected chi connectivity index (χ2v) is 5.45. The van der Waals surface area contributed by atoms with E-state index in [-0.39, 0.29) is 16.9 Å². The molecule has 2 N–H and O–H groups in total. The van der Waals surface area contributed by atoms with Crippen LogP contribution in [0.1, 0.15) is 0 Å². The molecule has 0 bridgehead atoms. The van der Waals surface area contributed by atoms with Gasteiger partial charge in [0.05, 0.1) is 0 Å². The van der Waals surface area contributed by atoms with Crippen molar-refractivity contribution in [3.05, 3.63) is 24.3 Å². The second kappa shape index (κ2) is 4.91. The van der Waals surface area contributed by atoms with Crippen LogP contribution in [-0.4, -0.2) is 25.6 Å². The van der Waals surface area contributed by atoms with E-state index in [9.17, 15) is 4.79 Å². The van der Waals surface area contributed by atoms with E-state index in [0.29, 0.717) is 0 Å². The molecule has 0 aliphatic heterocycles. The van der Waals surface area contributed by atoms with Crippen LogP contribution in [0.3, 0.4) is 0 Å². The predicted octanol–water partition coefficient (Wildman–Crippen LogP) is 2.06. The fraction of sp³-hybridized carbons (Fsp3) is 0.300. The molecule has 0 aliphatic rings. The quantitative estimate of drug-likeness (QED) is 0.645. The summed E-state index contributed by atoms with van der Waals surface area (Å²) in [5.74, 6) is 0. The minimum Gasteiger partial charge on any atom is -0.341 e. The maximum atomic E-state index is 11.0. The molecule has 1 rings (SSSR count). The molecule has 0 spiro atoms. The van der Waals surface area contributed by atoms with Crippen LogP contribution in [0.5, 0.6) is 0 Å². The first-order valence-electron chi connectivity index (χ1n) is 4.39. The Morgan fingerprint density at radius 1 is 1.21 bits per heavy atom. The summed E-state index contributed by atoms with van der Waals surface area (Å²) in [4.78, 5) is 12.3. The lowest BCUT2D eigenvalue weighted by Gasteiger charge is -2.10. The molecule has 0 saturated heterocycles. The molecule has 2 amide bonds. The number of benzene rings is 1. The maximum absolute atomic E-state index is 11.0. The fourth-order valence-electron chi connectivity index (χ4n) is 1.04. The Hall–Kier alpha value is -1.16. The summed E-state index contributed by atoms with van der Waals surface area (Å²) in [5, 5.41) is 5.22. The molecule has 3 nitrogen and oxygen atoms in total. The zero-order valence-corrected chi connectivity index (χ0v) is 9.56. The van der Waals surface area contributed by atoms with Crippen LogP contribution in [0.2, 0.25) is 0 Å². The molecule has 0 fully saturated rings. The molecule has 14 heavy (non-hydrogen) atoms. The van der Waals surface area contributed by atoms with Gasteiger partial charge in [-0.3, -0.25) is 0 Å². The molecule has 78 valence electrons. The minimum absolute atomic E-state index is 0.0602. The van der Waals surface area contributed by atoms with Gasteiger partial charge in [0.25, 0.3) is 0 Å². The van der Waals surface area contributed by atoms with Gasteiger partial charge in [-0.1, -0.05) is 0 Å². The average Bonchev–Trinajstić information content (AvgIpc) is 2.18. The first-order chi connectivity index (χ1) is 6.63. The van der Waals surface area contributed by atoms with E-state index >= 15 is 0 Å². The number of carbonyl (C=O) groups excluding carboxylic acids is 1. The second-order valence-electron chi connectivity index (χ2n) is 3.15. The summed E-state index contributed by atoms with van der Waals surface area (Å²) >= 11 is 0. The number of anilines is 1. The van der Waals surface area contributed by atoms with Gasteiger partial charge in [-0.15, -0.1) is 0 Å². The highest BCUT2D eigenvalue weighted by molar-refractivity contribution is 8.15. The number of hydrogen-bond acceptors (Lipinski definition) is 1. The van der Waals surface area contributed by atoms with Gasteiger partial charge in [0.15, 0.2) is 0 Å². The van der Waals surface area contributed by atoms with Crippen LogP contribution < -0.4 is 10.6 Å². The van der Waals surface area contributed by atoms with Crippen molar-refractivity contribution < 1.29 is 4.79 Å². The third-order valence-corrected chi connectivity index (χ3v) is 3.20. The summed E-state index contributed by atoms with van der Waals surface area (Å²) in [6, 6.07) is 7.77. The van der Waals surface area contributed by atoms with Crippen molar-refractivity contribution in [1.82, 2.24) is 5.32 Å². The smallest absolute Gasteiger partial charge is 0.318 e. The Labute approximate surface area is 87.2 Å². The Morgan fingerprint density at radius 3 is 2.21 bits per heavy atom. The molecular weight excluding hydrogens is 196 g/mol. The van der Waals surface area contributed by atoms with Gasteiger partial charge in [0.2, 0.25) is 0 Å². The van der Waals surface area contributed by atoms with Crippen LogP contribution in [0.25, 0.3) is 0 Å². The van der Waals surface area contributed by atoms with E-state index in [1.807, 2.05) is 12.1 Å². The van der Waals surface area contributed by atoms with Crippen molar-refractivity contribution in [1.29, 1.82) is 0 Å². The first-order valence-corrected chi connectivity index (χ1v) is 6.63. The van der Waals surface area contributed by atoms with E-state index in [0.717, 1.165) is 5.69 Å². The Morgan fingerprint density at radius 2 is 1.79 bits per heavy atom. The molecule has 0 unspecified atom stereocenters. The van der Waals surface area contributed by atoms with Gasteiger partial charge < -0.3 is 10.6 Å². The summed E-state index contributed by atoms with van der Waals surface area (Å²) < 4.78 is 0. The monoisotopic (exact) mass is 212 g/mol. The zero-order chi connectivity index (χ0) is 10.6. The number of carbonyl (C=O) groups is 1. The van der Waals surface area contributed by atoms with Gasteiger partial charge in [0.1, 0.15) is 0 Å². The third-order valence-electron chi connectivity index (χ3n) is 1.87. The molecule has 0 heterocycles. The molecule has 1 aromatic carbocycles. The van der Waals surface area contributed by atoms with Crippen LogP contribution in [0.4, 0.5) is 10.5 Å². The van der Waals surface area contributed by atoms with Crippen molar-refractivity contribution in [3.8, 4) is 0 Å². The van der Waals surface area contributed by atoms with Gasteiger partial charge in [-0.25, -0.2) is 15.7 Å². The molecule has 0 radical (unpaired) electrons. The normalized spacial score (nSPS) is 10.6. The molecule has 0 aliphatic carbocycles. The van der Waals surface area contributed by atoms with Crippen molar-refractivity contribution in [2.75, 3.05) is 24.9 Å². The molecule has 1 aromatic rings. The highest BCUT2D eigenvalue weighted by Gasteiger charge is 1.99. The van der Waals surface area contributed by atoms with Gasteiger partial charge >= 0.3 is 6.03 Å². The highest BCUT2D eigenvalue weighted by atomic mass is 32.2. The largest absolute Gasteiger partial charge is 0.341 e. The van der Waals surface area contributed by atoms with Crippen molar-refractivity contribution in [3.63, 3.8) is 0 Å². The van der Waals surface area contributed by atoms with Gasteiger partial charge in [-0.05, 0) is 41.7 Å². The summed E-state index contributed by atoms with van der Waals surface area (Å²) in [6.45, 7) is 0. The standard InChI is InChI=1S/C10H16N2OS/c1-11-10(13)12-8-4-6-9(7-5-8)14(2)3/h4-7,14H,1-3H3,(H2,11,12,13). The van der Waals surface area contributed by atoms with Crippen molar-refractivity contribution in [2.45, 2.75) is 4.90 Å².